The highest BCUT2D eigenvalue weighted by molar-refractivity contribution is 9.10. The van der Waals surface area contributed by atoms with E-state index in [4.69, 9.17) is 10.5 Å². The molecule has 15 heavy (non-hydrogen) atoms. The van der Waals surface area contributed by atoms with Crippen LogP contribution in [0.1, 0.15) is 13.3 Å². The lowest BCUT2D eigenvalue weighted by atomic mass is 10.1. The van der Waals surface area contributed by atoms with Gasteiger partial charge in [0.15, 0.2) is 0 Å². The lowest BCUT2D eigenvalue weighted by Crippen LogP contribution is -2.40. The second kappa shape index (κ2) is 4.41. The molecule has 0 saturated heterocycles. The van der Waals surface area contributed by atoms with Crippen LogP contribution in [0.5, 0.6) is 5.75 Å². The van der Waals surface area contributed by atoms with Gasteiger partial charge in [0.2, 0.25) is 0 Å². The average Bonchev–Trinajstić information content (AvgIpc) is 2.20. The number of rotatable bonds is 2. The molecule has 1 aliphatic rings. The molecule has 0 saturated carbocycles. The number of fused-ring (bicyclic) bond motifs is 1. The molecule has 3 N–H and O–H groups in total. The van der Waals surface area contributed by atoms with Crippen molar-refractivity contribution in [2.24, 2.45) is 5.73 Å². The lowest BCUT2D eigenvalue weighted by Gasteiger charge is -2.33. The van der Waals surface area contributed by atoms with Gasteiger partial charge in [0.05, 0.1) is 11.7 Å². The quantitative estimate of drug-likeness (QED) is 0.868. The van der Waals surface area contributed by atoms with E-state index in [1.807, 2.05) is 18.2 Å². The molecule has 1 aliphatic heterocycles. The molecule has 0 fully saturated rings. The largest absolute Gasteiger partial charge is 0.486 e. The fourth-order valence-corrected chi connectivity index (χ4v) is 2.13. The highest BCUT2D eigenvalue weighted by Gasteiger charge is 2.25. The van der Waals surface area contributed by atoms with Crippen molar-refractivity contribution in [3.63, 3.8) is 0 Å². The molecular weight excluding hydrogens is 256 g/mol. The first kappa shape index (κ1) is 10.8. The summed E-state index contributed by atoms with van der Waals surface area (Å²) in [5.74, 6) is 0.904. The fraction of sp³-hybridized carbons (Fsp3) is 0.455. The molecule has 0 bridgehead atoms. The highest BCUT2D eigenvalue weighted by Crippen LogP contribution is 2.34. The monoisotopic (exact) mass is 270 g/mol. The zero-order valence-corrected chi connectivity index (χ0v) is 10.3. The first-order valence-corrected chi connectivity index (χ1v) is 5.93. The van der Waals surface area contributed by atoms with Crippen LogP contribution >= 0.6 is 15.9 Å². The molecule has 0 amide bonds. The van der Waals surface area contributed by atoms with Gasteiger partial charge >= 0.3 is 0 Å². The van der Waals surface area contributed by atoms with E-state index >= 15 is 0 Å². The summed E-state index contributed by atoms with van der Waals surface area (Å²) in [4.78, 5) is 0. The number of ether oxygens (including phenoxy) is 1. The third kappa shape index (κ3) is 2.26. The summed E-state index contributed by atoms with van der Waals surface area (Å²) >= 11 is 3.43. The highest BCUT2D eigenvalue weighted by atomic mass is 79.9. The van der Waals surface area contributed by atoms with Gasteiger partial charge < -0.3 is 15.8 Å². The Kier molecular flexibility index (Phi) is 3.17. The molecule has 4 heteroatoms. The first-order valence-electron chi connectivity index (χ1n) is 5.13. The molecular formula is C11H15BrN2O. The standard InChI is InChI=1S/C11H15BrN2O/c1-7-10(4-5-13)15-11-6-8(12)2-3-9(11)14-7/h2-3,6-7,10,14H,4-5,13H2,1H3. The number of nitrogens with two attached hydrogens (primary N) is 1. The van der Waals surface area contributed by atoms with Crippen LogP contribution in [0.3, 0.4) is 0 Å². The van der Waals surface area contributed by atoms with Gasteiger partial charge in [-0.05, 0) is 38.1 Å². The minimum absolute atomic E-state index is 0.164. The Bertz CT molecular complexity index is 356. The molecule has 2 unspecified atom stereocenters. The molecule has 0 radical (unpaired) electrons. The Labute approximate surface area is 98.1 Å². The maximum atomic E-state index is 5.89. The van der Waals surface area contributed by atoms with E-state index in [1.54, 1.807) is 0 Å². The Morgan fingerprint density at radius 1 is 1.53 bits per heavy atom. The fourth-order valence-electron chi connectivity index (χ4n) is 1.79. The minimum atomic E-state index is 0.164. The van der Waals surface area contributed by atoms with Gasteiger partial charge in [-0.3, -0.25) is 0 Å². The Morgan fingerprint density at radius 3 is 3.07 bits per heavy atom. The van der Waals surface area contributed by atoms with Crippen molar-refractivity contribution >= 4 is 21.6 Å². The lowest BCUT2D eigenvalue weighted by molar-refractivity contribution is 0.167. The van der Waals surface area contributed by atoms with Crippen LogP contribution in [0, 0.1) is 0 Å². The van der Waals surface area contributed by atoms with E-state index in [9.17, 15) is 0 Å². The van der Waals surface area contributed by atoms with Gasteiger partial charge in [0.25, 0.3) is 0 Å². The number of hydrogen-bond acceptors (Lipinski definition) is 3. The molecule has 0 spiro atoms. The Balaban J connectivity index is 2.22. The molecule has 0 aliphatic carbocycles. The van der Waals surface area contributed by atoms with Crippen LogP contribution in [-0.4, -0.2) is 18.7 Å². The Morgan fingerprint density at radius 2 is 2.33 bits per heavy atom. The maximum absolute atomic E-state index is 5.89. The Hall–Kier alpha value is -0.740. The van der Waals surface area contributed by atoms with Crippen molar-refractivity contribution < 1.29 is 4.74 Å². The summed E-state index contributed by atoms with van der Waals surface area (Å²) in [6, 6.07) is 6.32. The minimum Gasteiger partial charge on any atom is -0.486 e. The van der Waals surface area contributed by atoms with Crippen LogP contribution < -0.4 is 15.8 Å². The van der Waals surface area contributed by atoms with E-state index in [2.05, 4.69) is 28.2 Å². The van der Waals surface area contributed by atoms with Gasteiger partial charge in [-0.15, -0.1) is 0 Å². The molecule has 3 nitrogen and oxygen atoms in total. The van der Waals surface area contributed by atoms with Crippen molar-refractivity contribution in [1.29, 1.82) is 0 Å². The van der Waals surface area contributed by atoms with Crippen molar-refractivity contribution in [1.82, 2.24) is 0 Å². The van der Waals surface area contributed by atoms with Crippen LogP contribution in [0.2, 0.25) is 0 Å². The smallest absolute Gasteiger partial charge is 0.144 e. The third-order valence-electron chi connectivity index (χ3n) is 2.61. The third-order valence-corrected chi connectivity index (χ3v) is 3.11. The van der Waals surface area contributed by atoms with Crippen molar-refractivity contribution in [3.8, 4) is 5.75 Å². The summed E-state index contributed by atoms with van der Waals surface area (Å²) in [7, 11) is 0. The molecule has 2 rings (SSSR count). The van der Waals surface area contributed by atoms with Crippen LogP contribution in [-0.2, 0) is 0 Å². The van der Waals surface area contributed by atoms with Gasteiger partial charge in [0, 0.05) is 4.47 Å². The SMILES string of the molecule is CC1Nc2ccc(Br)cc2OC1CCN. The zero-order valence-electron chi connectivity index (χ0n) is 8.66. The molecule has 1 aromatic rings. The number of nitrogens with one attached hydrogen (secondary N) is 1. The van der Waals surface area contributed by atoms with Crippen LogP contribution in [0.15, 0.2) is 22.7 Å². The maximum Gasteiger partial charge on any atom is 0.144 e. The van der Waals surface area contributed by atoms with Crippen LogP contribution in [0.25, 0.3) is 0 Å². The van der Waals surface area contributed by atoms with E-state index < -0.39 is 0 Å². The van der Waals surface area contributed by atoms with E-state index in [-0.39, 0.29) is 6.10 Å². The van der Waals surface area contributed by atoms with E-state index in [1.165, 1.54) is 0 Å². The van der Waals surface area contributed by atoms with Gasteiger partial charge in [0.1, 0.15) is 11.9 Å². The van der Waals surface area contributed by atoms with Crippen molar-refractivity contribution in [2.45, 2.75) is 25.5 Å². The van der Waals surface area contributed by atoms with Crippen LogP contribution in [0.4, 0.5) is 5.69 Å². The normalized spacial score (nSPS) is 23.9. The molecule has 82 valence electrons. The summed E-state index contributed by atoms with van der Waals surface area (Å²) in [6.07, 6.45) is 1.04. The summed E-state index contributed by atoms with van der Waals surface area (Å²) in [6.45, 7) is 2.77. The van der Waals surface area contributed by atoms with Gasteiger partial charge in [-0.2, -0.15) is 0 Å². The van der Waals surface area contributed by atoms with Crippen molar-refractivity contribution in [3.05, 3.63) is 22.7 Å². The first-order chi connectivity index (χ1) is 7.20. The van der Waals surface area contributed by atoms with Gasteiger partial charge in [-0.1, -0.05) is 15.9 Å². The summed E-state index contributed by atoms with van der Waals surface area (Å²) in [5, 5.41) is 3.42. The van der Waals surface area contributed by atoms with Gasteiger partial charge in [-0.25, -0.2) is 0 Å². The topological polar surface area (TPSA) is 47.3 Å². The van der Waals surface area contributed by atoms with E-state index in [0.29, 0.717) is 12.6 Å². The predicted molar refractivity (Wildman–Crippen MR) is 65.3 cm³/mol. The predicted octanol–water partition coefficient (Wildman–Crippen LogP) is 2.36. The second-order valence-corrected chi connectivity index (χ2v) is 4.72. The summed E-state index contributed by atoms with van der Waals surface area (Å²) in [5.41, 5.74) is 6.61. The zero-order chi connectivity index (χ0) is 10.8. The molecule has 1 heterocycles. The van der Waals surface area contributed by atoms with Crippen molar-refractivity contribution in [2.75, 3.05) is 11.9 Å². The molecule has 0 aromatic heterocycles. The van der Waals surface area contributed by atoms with E-state index in [0.717, 1.165) is 22.3 Å². The number of anilines is 1. The summed E-state index contributed by atoms with van der Waals surface area (Å²) < 4.78 is 6.92. The second-order valence-electron chi connectivity index (χ2n) is 3.81. The number of halogens is 1. The molecule has 1 aromatic carbocycles. The number of hydrogen-bond donors (Lipinski definition) is 2. The number of benzene rings is 1. The average molecular weight is 271 g/mol. The molecule has 2 atom stereocenters.